The second-order valence-electron chi connectivity index (χ2n) is 5.13. The highest BCUT2D eigenvalue weighted by Gasteiger charge is 2.18. The molecule has 0 saturated heterocycles. The fourth-order valence-corrected chi connectivity index (χ4v) is 2.67. The molecule has 0 aromatic heterocycles. The van der Waals surface area contributed by atoms with E-state index in [9.17, 15) is 10.2 Å². The average Bonchev–Trinajstić information content (AvgIpc) is 2.35. The number of hydrogen-bond donors (Lipinski definition) is 2. The van der Waals surface area contributed by atoms with Gasteiger partial charge in [0.1, 0.15) is 11.5 Å². The Labute approximate surface area is 129 Å². The third-order valence-electron chi connectivity index (χ3n) is 2.91. The molecule has 0 amide bonds. The first kappa shape index (κ1) is 16.6. The normalized spacial score (nSPS) is 11.1. The fourth-order valence-electron chi connectivity index (χ4n) is 1.97. The molecule has 19 heavy (non-hydrogen) atoms. The Kier molecular flexibility index (Phi) is 6.93. The summed E-state index contributed by atoms with van der Waals surface area (Å²) in [4.78, 5) is 0. The minimum Gasteiger partial charge on any atom is -0.506 e. The topological polar surface area (TPSA) is 49.7 Å². The van der Waals surface area contributed by atoms with Crippen molar-refractivity contribution in [3.8, 4) is 11.5 Å². The summed E-state index contributed by atoms with van der Waals surface area (Å²) in [6.07, 6.45) is 2.91. The number of halogens is 1. The van der Waals surface area contributed by atoms with Crippen molar-refractivity contribution in [1.29, 1.82) is 0 Å². The first-order valence-electron chi connectivity index (χ1n) is 6.78. The first-order valence-corrected chi connectivity index (χ1v) is 7.85. The molecule has 0 aliphatic heterocycles. The van der Waals surface area contributed by atoms with Gasteiger partial charge >= 0.3 is 0 Å². The van der Waals surface area contributed by atoms with E-state index in [4.69, 9.17) is 4.74 Å². The molecule has 0 saturated carbocycles. The standard InChI is InChI=1S/C15H23IO3/c1-4-5-6-19-15-11(7-10(2)3)8-13(16)14(18)12(15)9-17/h8,10,17-18H,4-7,9H2,1-3H3. The van der Waals surface area contributed by atoms with Crippen molar-refractivity contribution in [3.63, 3.8) is 0 Å². The minimum absolute atomic E-state index is 0.141. The van der Waals surface area contributed by atoms with Crippen LogP contribution in [0.25, 0.3) is 0 Å². The maximum Gasteiger partial charge on any atom is 0.138 e. The van der Waals surface area contributed by atoms with Gasteiger partial charge in [-0.05, 0) is 53.0 Å². The van der Waals surface area contributed by atoms with Gasteiger partial charge in [0.05, 0.1) is 22.3 Å². The van der Waals surface area contributed by atoms with Crippen LogP contribution in [0.5, 0.6) is 11.5 Å². The Hall–Kier alpha value is -0.490. The van der Waals surface area contributed by atoms with Gasteiger partial charge in [-0.25, -0.2) is 0 Å². The lowest BCUT2D eigenvalue weighted by Crippen LogP contribution is -2.07. The van der Waals surface area contributed by atoms with E-state index < -0.39 is 0 Å². The van der Waals surface area contributed by atoms with Gasteiger partial charge in [0.2, 0.25) is 0 Å². The van der Waals surface area contributed by atoms with E-state index >= 15 is 0 Å². The van der Waals surface area contributed by atoms with Gasteiger partial charge in [-0.2, -0.15) is 0 Å². The molecule has 0 atom stereocenters. The van der Waals surface area contributed by atoms with Crippen LogP contribution in [-0.2, 0) is 13.0 Å². The molecule has 108 valence electrons. The second-order valence-corrected chi connectivity index (χ2v) is 6.29. The predicted octanol–water partition coefficient (Wildman–Crippen LogP) is 3.87. The van der Waals surface area contributed by atoms with E-state index in [2.05, 4.69) is 43.4 Å². The van der Waals surface area contributed by atoms with Crippen LogP contribution in [-0.4, -0.2) is 16.8 Å². The quantitative estimate of drug-likeness (QED) is 0.560. The molecule has 0 bridgehead atoms. The molecule has 3 nitrogen and oxygen atoms in total. The lowest BCUT2D eigenvalue weighted by Gasteiger charge is -2.18. The Bertz CT molecular complexity index is 416. The van der Waals surface area contributed by atoms with E-state index in [0.29, 0.717) is 23.8 Å². The summed E-state index contributed by atoms with van der Waals surface area (Å²) in [6, 6.07) is 1.95. The fraction of sp³-hybridized carbons (Fsp3) is 0.600. The Morgan fingerprint density at radius 1 is 1.37 bits per heavy atom. The summed E-state index contributed by atoms with van der Waals surface area (Å²) in [5.74, 6) is 1.31. The molecule has 1 aromatic carbocycles. The van der Waals surface area contributed by atoms with Crippen LogP contribution in [0.15, 0.2) is 6.07 Å². The van der Waals surface area contributed by atoms with E-state index in [-0.39, 0.29) is 12.4 Å². The highest BCUT2D eigenvalue weighted by Crippen LogP contribution is 2.37. The zero-order chi connectivity index (χ0) is 14.4. The van der Waals surface area contributed by atoms with Crippen LogP contribution in [0.4, 0.5) is 0 Å². The number of hydrogen-bond acceptors (Lipinski definition) is 3. The number of aromatic hydroxyl groups is 1. The van der Waals surface area contributed by atoms with Crippen LogP contribution >= 0.6 is 22.6 Å². The van der Waals surface area contributed by atoms with Gasteiger partial charge < -0.3 is 14.9 Å². The van der Waals surface area contributed by atoms with Gasteiger partial charge in [-0.15, -0.1) is 0 Å². The summed E-state index contributed by atoms with van der Waals surface area (Å²) in [5.41, 5.74) is 1.58. The number of aliphatic hydroxyl groups is 1. The van der Waals surface area contributed by atoms with E-state index in [0.717, 1.165) is 28.4 Å². The van der Waals surface area contributed by atoms with Crippen LogP contribution < -0.4 is 4.74 Å². The van der Waals surface area contributed by atoms with Crippen LogP contribution in [0.3, 0.4) is 0 Å². The summed E-state index contributed by atoms with van der Waals surface area (Å²) in [6.45, 7) is 6.82. The van der Waals surface area contributed by atoms with Crippen LogP contribution in [0, 0.1) is 9.49 Å². The number of phenols is 1. The predicted molar refractivity (Wildman–Crippen MR) is 85.7 cm³/mol. The van der Waals surface area contributed by atoms with E-state index in [1.165, 1.54) is 0 Å². The van der Waals surface area contributed by atoms with Gasteiger partial charge in [-0.3, -0.25) is 0 Å². The van der Waals surface area contributed by atoms with Gasteiger partial charge in [0, 0.05) is 0 Å². The van der Waals surface area contributed by atoms with Crippen molar-refractivity contribution >= 4 is 22.6 Å². The molecule has 0 aliphatic carbocycles. The van der Waals surface area contributed by atoms with E-state index in [1.807, 2.05) is 6.07 Å². The number of aliphatic hydroxyl groups excluding tert-OH is 1. The maximum absolute atomic E-state index is 10.0. The van der Waals surface area contributed by atoms with Gasteiger partial charge in [-0.1, -0.05) is 27.2 Å². The summed E-state index contributed by atoms with van der Waals surface area (Å²) in [5, 5.41) is 19.5. The highest BCUT2D eigenvalue weighted by molar-refractivity contribution is 14.1. The lowest BCUT2D eigenvalue weighted by molar-refractivity contribution is 0.252. The van der Waals surface area contributed by atoms with Crippen LogP contribution in [0.2, 0.25) is 0 Å². The number of rotatable bonds is 7. The monoisotopic (exact) mass is 378 g/mol. The molecule has 0 unspecified atom stereocenters. The van der Waals surface area contributed by atoms with Gasteiger partial charge in [0.15, 0.2) is 0 Å². The smallest absolute Gasteiger partial charge is 0.138 e. The van der Waals surface area contributed by atoms with Crippen molar-refractivity contribution < 1.29 is 14.9 Å². The van der Waals surface area contributed by atoms with Crippen LogP contribution in [0.1, 0.15) is 44.7 Å². The van der Waals surface area contributed by atoms with Crippen molar-refractivity contribution in [2.45, 2.75) is 46.6 Å². The molecule has 0 heterocycles. The Morgan fingerprint density at radius 3 is 2.58 bits per heavy atom. The minimum atomic E-state index is -0.199. The molecule has 1 aromatic rings. The van der Waals surface area contributed by atoms with Gasteiger partial charge in [0.25, 0.3) is 0 Å². The molecule has 0 spiro atoms. The number of ether oxygens (including phenoxy) is 1. The summed E-state index contributed by atoms with van der Waals surface area (Å²) < 4.78 is 6.58. The number of benzene rings is 1. The van der Waals surface area contributed by atoms with Crippen molar-refractivity contribution in [1.82, 2.24) is 0 Å². The zero-order valence-electron chi connectivity index (χ0n) is 11.9. The molecule has 0 radical (unpaired) electrons. The molecular weight excluding hydrogens is 355 g/mol. The second kappa shape index (κ2) is 7.94. The number of unbranched alkanes of at least 4 members (excludes halogenated alkanes) is 1. The summed E-state index contributed by atoms with van der Waals surface area (Å²) in [7, 11) is 0. The SMILES string of the molecule is CCCCOc1c(CC(C)C)cc(I)c(O)c1CO. The van der Waals surface area contributed by atoms with Crippen molar-refractivity contribution in [2.24, 2.45) is 5.92 Å². The third-order valence-corrected chi connectivity index (χ3v) is 3.73. The largest absolute Gasteiger partial charge is 0.506 e. The van der Waals surface area contributed by atoms with Crippen molar-refractivity contribution in [2.75, 3.05) is 6.61 Å². The zero-order valence-corrected chi connectivity index (χ0v) is 14.0. The molecule has 4 heteroatoms. The van der Waals surface area contributed by atoms with E-state index in [1.54, 1.807) is 0 Å². The average molecular weight is 378 g/mol. The molecule has 0 aliphatic rings. The summed E-state index contributed by atoms with van der Waals surface area (Å²) >= 11 is 2.09. The lowest BCUT2D eigenvalue weighted by atomic mass is 9.99. The molecule has 0 fully saturated rings. The molecule has 2 N–H and O–H groups in total. The first-order chi connectivity index (χ1) is 9.01. The highest BCUT2D eigenvalue weighted by atomic mass is 127. The Morgan fingerprint density at radius 2 is 2.05 bits per heavy atom. The molecular formula is C15H23IO3. The maximum atomic E-state index is 10.0. The Balaban J connectivity index is 3.15. The molecule has 1 rings (SSSR count). The third kappa shape index (κ3) is 4.53. The van der Waals surface area contributed by atoms with Crippen molar-refractivity contribution in [3.05, 3.63) is 20.8 Å².